The molecule has 5 rings (SSSR count). The maximum absolute atomic E-state index is 14.3. The Kier molecular flexibility index (Phi) is 8.07. The van der Waals surface area contributed by atoms with E-state index in [1.165, 1.54) is 36.1 Å². The highest BCUT2D eigenvalue weighted by Crippen LogP contribution is 2.41. The van der Waals surface area contributed by atoms with Crippen LogP contribution in [0.15, 0.2) is 42.7 Å². The van der Waals surface area contributed by atoms with Crippen molar-refractivity contribution in [3.8, 4) is 16.8 Å². The molecule has 2 aromatic heterocycles. The number of aromatic nitrogens is 5. The minimum absolute atomic E-state index is 0.0138. The molecule has 0 aliphatic carbocycles. The van der Waals surface area contributed by atoms with Crippen LogP contribution in [0.2, 0.25) is 15.1 Å². The highest BCUT2D eigenvalue weighted by molar-refractivity contribution is 6.36. The van der Waals surface area contributed by atoms with Crippen LogP contribution < -0.4 is 0 Å². The number of hydrogen-bond donors (Lipinski definition) is 3. The standard InChI is InChI=1S/C25H20Cl3F4N5O4/c1-10-34-24(37(35-10)16-6-12(26)2-4-14(16)25(30,31)32)23-22(40)20(21(39)17(9-38)41-23)36-8-11(7-33-36)13-3-5-15(27)19(29)18(13)28/h2-8,17,20-23,38-40H,9H2,1H3/t17-,20+,21+,22-,23-/m1/s1. The van der Waals surface area contributed by atoms with Crippen molar-refractivity contribution in [3.63, 3.8) is 0 Å². The molecule has 3 heterocycles. The molecular formula is C25H20Cl3F4N5O4. The molecule has 1 aliphatic heterocycles. The summed E-state index contributed by atoms with van der Waals surface area (Å²) in [5, 5.41) is 40.2. The van der Waals surface area contributed by atoms with Crippen molar-refractivity contribution in [1.82, 2.24) is 24.5 Å². The van der Waals surface area contributed by atoms with Crippen molar-refractivity contribution in [2.24, 2.45) is 0 Å². The van der Waals surface area contributed by atoms with Crippen LogP contribution in [0.4, 0.5) is 17.6 Å². The van der Waals surface area contributed by atoms with Gasteiger partial charge in [0.05, 0.1) is 34.1 Å². The fourth-order valence-electron chi connectivity index (χ4n) is 4.73. The fourth-order valence-corrected chi connectivity index (χ4v) is 5.38. The van der Waals surface area contributed by atoms with Gasteiger partial charge in [0.2, 0.25) is 0 Å². The maximum Gasteiger partial charge on any atom is 0.418 e. The second kappa shape index (κ2) is 11.1. The fraction of sp³-hybridized carbons (Fsp3) is 0.320. The Morgan fingerprint density at radius 2 is 1.80 bits per heavy atom. The summed E-state index contributed by atoms with van der Waals surface area (Å²) >= 11 is 17.9. The number of hydrogen-bond acceptors (Lipinski definition) is 7. The molecule has 41 heavy (non-hydrogen) atoms. The van der Waals surface area contributed by atoms with Gasteiger partial charge in [0.1, 0.15) is 36.3 Å². The number of alkyl halides is 3. The van der Waals surface area contributed by atoms with E-state index in [2.05, 4.69) is 15.2 Å². The van der Waals surface area contributed by atoms with Crippen LogP contribution in [0.5, 0.6) is 0 Å². The molecule has 0 amide bonds. The largest absolute Gasteiger partial charge is 0.418 e. The molecule has 1 aliphatic rings. The average molecular weight is 637 g/mol. The first-order valence-electron chi connectivity index (χ1n) is 11.9. The summed E-state index contributed by atoms with van der Waals surface area (Å²) in [5.41, 5.74) is -1.01. The van der Waals surface area contributed by atoms with Gasteiger partial charge in [-0.05, 0) is 31.2 Å². The topological polar surface area (TPSA) is 118 Å². The Morgan fingerprint density at radius 1 is 1.07 bits per heavy atom. The zero-order valence-corrected chi connectivity index (χ0v) is 23.0. The molecule has 2 aromatic carbocycles. The molecule has 0 unspecified atom stereocenters. The summed E-state index contributed by atoms with van der Waals surface area (Å²) in [4.78, 5) is 4.21. The normalized spacial score (nSPS) is 23.2. The van der Waals surface area contributed by atoms with Crippen molar-refractivity contribution in [1.29, 1.82) is 0 Å². The smallest absolute Gasteiger partial charge is 0.394 e. The lowest BCUT2D eigenvalue weighted by Crippen LogP contribution is -2.53. The summed E-state index contributed by atoms with van der Waals surface area (Å²) < 4.78 is 63.7. The summed E-state index contributed by atoms with van der Waals surface area (Å²) in [6, 6.07) is 4.36. The average Bonchev–Trinajstić information content (AvgIpc) is 3.54. The van der Waals surface area contributed by atoms with Crippen LogP contribution in [0.3, 0.4) is 0 Å². The van der Waals surface area contributed by atoms with E-state index < -0.39 is 60.3 Å². The van der Waals surface area contributed by atoms with Crippen molar-refractivity contribution in [2.75, 3.05) is 6.61 Å². The lowest BCUT2D eigenvalue weighted by Gasteiger charge is -2.42. The van der Waals surface area contributed by atoms with Gasteiger partial charge in [-0.1, -0.05) is 40.9 Å². The van der Waals surface area contributed by atoms with Crippen LogP contribution >= 0.6 is 34.8 Å². The molecule has 4 aromatic rings. The zero-order chi connectivity index (χ0) is 29.8. The van der Waals surface area contributed by atoms with E-state index in [1.54, 1.807) is 0 Å². The van der Waals surface area contributed by atoms with Gasteiger partial charge in [0, 0.05) is 22.3 Å². The third-order valence-corrected chi connectivity index (χ3v) is 7.53. The highest BCUT2D eigenvalue weighted by Gasteiger charge is 2.48. The van der Waals surface area contributed by atoms with E-state index in [0.29, 0.717) is 5.56 Å². The maximum atomic E-state index is 14.3. The number of ether oxygens (including phenoxy) is 1. The molecular weight excluding hydrogens is 617 g/mol. The minimum atomic E-state index is -4.79. The van der Waals surface area contributed by atoms with E-state index in [9.17, 15) is 32.9 Å². The van der Waals surface area contributed by atoms with Crippen LogP contribution in [-0.4, -0.2) is 64.8 Å². The van der Waals surface area contributed by atoms with Gasteiger partial charge in [0.15, 0.2) is 11.6 Å². The molecule has 0 saturated carbocycles. The number of halogens is 7. The Balaban J connectivity index is 1.59. The lowest BCUT2D eigenvalue weighted by atomic mass is 9.92. The first-order valence-corrected chi connectivity index (χ1v) is 13.1. The van der Waals surface area contributed by atoms with Crippen molar-refractivity contribution >= 4 is 34.8 Å². The third kappa shape index (κ3) is 5.43. The third-order valence-electron chi connectivity index (χ3n) is 6.63. The molecule has 0 radical (unpaired) electrons. The van der Waals surface area contributed by atoms with Crippen LogP contribution in [-0.2, 0) is 10.9 Å². The van der Waals surface area contributed by atoms with Crippen molar-refractivity contribution < 1.29 is 37.6 Å². The first-order chi connectivity index (χ1) is 19.3. The van der Waals surface area contributed by atoms with Crippen molar-refractivity contribution in [3.05, 3.63) is 80.8 Å². The van der Waals surface area contributed by atoms with Gasteiger partial charge in [-0.15, -0.1) is 0 Å². The van der Waals surface area contributed by atoms with Gasteiger partial charge in [-0.2, -0.15) is 23.4 Å². The second-order valence-corrected chi connectivity index (χ2v) is 10.5. The molecule has 0 bridgehead atoms. The van der Waals surface area contributed by atoms with Crippen molar-refractivity contribution in [2.45, 2.75) is 43.6 Å². The molecule has 0 spiro atoms. The van der Waals surface area contributed by atoms with Gasteiger partial charge in [0.25, 0.3) is 0 Å². The number of aryl methyl sites for hydroxylation is 1. The summed E-state index contributed by atoms with van der Waals surface area (Å²) in [7, 11) is 0. The predicted octanol–water partition coefficient (Wildman–Crippen LogP) is 4.95. The van der Waals surface area contributed by atoms with Crippen LogP contribution in [0, 0.1) is 12.7 Å². The minimum Gasteiger partial charge on any atom is -0.394 e. The predicted molar refractivity (Wildman–Crippen MR) is 139 cm³/mol. The molecule has 9 nitrogen and oxygen atoms in total. The quantitative estimate of drug-likeness (QED) is 0.210. The Hall–Kier alpha value is -2.78. The van der Waals surface area contributed by atoms with E-state index in [0.717, 1.165) is 22.9 Å². The number of nitrogens with zero attached hydrogens (tertiary/aromatic N) is 5. The summed E-state index contributed by atoms with van der Waals surface area (Å²) in [6.45, 7) is 0.707. The Labute approximate surface area is 244 Å². The number of aliphatic hydroxyl groups is 3. The number of rotatable bonds is 5. The van der Waals surface area contributed by atoms with Crippen LogP contribution in [0.25, 0.3) is 16.8 Å². The van der Waals surface area contributed by atoms with Gasteiger partial charge >= 0.3 is 6.18 Å². The van der Waals surface area contributed by atoms with Gasteiger partial charge < -0.3 is 20.1 Å². The molecule has 3 N–H and O–H groups in total. The van der Waals surface area contributed by atoms with Gasteiger partial charge in [-0.3, -0.25) is 4.68 Å². The Morgan fingerprint density at radius 3 is 2.49 bits per heavy atom. The van der Waals surface area contributed by atoms with E-state index in [4.69, 9.17) is 39.5 Å². The number of benzene rings is 2. The summed E-state index contributed by atoms with van der Waals surface area (Å²) in [5.74, 6) is -1.04. The zero-order valence-electron chi connectivity index (χ0n) is 20.8. The number of aliphatic hydroxyl groups excluding tert-OH is 3. The lowest BCUT2D eigenvalue weighted by molar-refractivity contribution is -0.210. The molecule has 218 valence electrons. The Bertz CT molecular complexity index is 1600. The monoisotopic (exact) mass is 635 g/mol. The SMILES string of the molecule is Cc1nc([C@@H]2O[C@H](CO)[C@H](O)[C@H](n3cc(-c4ccc(Cl)c(F)c4Cl)cn3)[C@H]2O)n(-c2cc(Cl)ccc2C(F)(F)F)n1. The molecule has 5 atom stereocenters. The summed E-state index contributed by atoms with van der Waals surface area (Å²) in [6.07, 6.45) is -8.13. The van der Waals surface area contributed by atoms with Gasteiger partial charge in [-0.25, -0.2) is 14.1 Å². The van der Waals surface area contributed by atoms with E-state index >= 15 is 0 Å². The highest BCUT2D eigenvalue weighted by atomic mass is 35.5. The van der Waals surface area contributed by atoms with E-state index in [-0.39, 0.29) is 32.3 Å². The second-order valence-electron chi connectivity index (χ2n) is 9.27. The van der Waals surface area contributed by atoms with Crippen LogP contribution in [0.1, 0.15) is 29.4 Å². The van der Waals surface area contributed by atoms with E-state index in [1.807, 2.05) is 0 Å². The first kappa shape index (κ1) is 29.7. The molecule has 1 fully saturated rings. The molecule has 16 heteroatoms. The molecule has 1 saturated heterocycles.